The highest BCUT2D eigenvalue weighted by molar-refractivity contribution is 5.83. The molecule has 0 saturated carbocycles. The zero-order valence-electron chi connectivity index (χ0n) is 15.6. The monoisotopic (exact) mass is 378 g/mol. The van der Waals surface area contributed by atoms with Crippen LogP contribution in [-0.2, 0) is 0 Å². The molecule has 0 atom stereocenters. The highest BCUT2D eigenvalue weighted by Crippen LogP contribution is 2.30. The predicted molar refractivity (Wildman–Crippen MR) is 115 cm³/mol. The smallest absolute Gasteiger partial charge is 0.165 e. The normalized spacial score (nSPS) is 10.9. The Labute approximate surface area is 168 Å². The minimum atomic E-state index is 0.418. The quantitative estimate of drug-likeness (QED) is 0.299. The van der Waals surface area contributed by atoms with Gasteiger partial charge < -0.3 is 4.89 Å². The van der Waals surface area contributed by atoms with E-state index in [-0.39, 0.29) is 0 Å². The second-order valence-corrected chi connectivity index (χ2v) is 6.79. The van der Waals surface area contributed by atoms with Crippen LogP contribution in [0.4, 0.5) is 0 Å². The molecule has 0 aliphatic carbocycles. The van der Waals surface area contributed by atoms with E-state index in [1.54, 1.807) is 12.1 Å². The Hall–Kier alpha value is -3.89. The lowest BCUT2D eigenvalue weighted by Crippen LogP contribution is -1.97. The number of fused-ring (bicyclic) bond motifs is 1. The van der Waals surface area contributed by atoms with E-state index in [1.807, 2.05) is 48.5 Å². The number of aromatic nitrogens is 2. The van der Waals surface area contributed by atoms with E-state index in [4.69, 9.17) is 10.2 Å². The molecular formula is C25H18N2O2. The Balaban J connectivity index is 1.60. The van der Waals surface area contributed by atoms with Crippen LogP contribution in [0.15, 0.2) is 103 Å². The summed E-state index contributed by atoms with van der Waals surface area (Å²) in [6, 6.07) is 34.1. The van der Waals surface area contributed by atoms with E-state index in [2.05, 4.69) is 51.9 Å². The van der Waals surface area contributed by atoms with Gasteiger partial charge in [0.1, 0.15) is 5.82 Å². The number of imidazole rings is 1. The largest absolute Gasteiger partial charge is 0.340 e. The summed E-state index contributed by atoms with van der Waals surface area (Å²) in [5.74, 6) is 1.33. The molecule has 140 valence electrons. The molecule has 0 aliphatic rings. The first-order valence-corrected chi connectivity index (χ1v) is 9.39. The molecule has 4 nitrogen and oxygen atoms in total. The van der Waals surface area contributed by atoms with E-state index in [0.29, 0.717) is 5.75 Å². The van der Waals surface area contributed by atoms with Crippen LogP contribution in [0.5, 0.6) is 5.75 Å². The molecule has 0 bridgehead atoms. The number of para-hydroxylation sites is 3. The Morgan fingerprint density at radius 1 is 0.621 bits per heavy atom. The fourth-order valence-corrected chi connectivity index (χ4v) is 3.58. The maximum Gasteiger partial charge on any atom is 0.165 e. The predicted octanol–water partition coefficient (Wildman–Crippen LogP) is 6.21. The first-order chi connectivity index (χ1) is 14.3. The minimum absolute atomic E-state index is 0.418. The molecule has 1 heterocycles. The van der Waals surface area contributed by atoms with Gasteiger partial charge in [0.2, 0.25) is 0 Å². The van der Waals surface area contributed by atoms with Gasteiger partial charge in [0.25, 0.3) is 0 Å². The van der Waals surface area contributed by atoms with Crippen molar-refractivity contribution in [2.45, 2.75) is 0 Å². The number of nitrogens with zero attached hydrogens (tertiary/aromatic N) is 2. The summed E-state index contributed by atoms with van der Waals surface area (Å²) in [6.07, 6.45) is 0. The lowest BCUT2D eigenvalue weighted by molar-refractivity contribution is -0.137. The van der Waals surface area contributed by atoms with Crippen LogP contribution in [0.3, 0.4) is 0 Å². The van der Waals surface area contributed by atoms with Crippen molar-refractivity contribution in [3.63, 3.8) is 0 Å². The van der Waals surface area contributed by atoms with Gasteiger partial charge >= 0.3 is 0 Å². The number of hydrogen-bond donors (Lipinski definition) is 1. The van der Waals surface area contributed by atoms with Crippen molar-refractivity contribution < 1.29 is 10.1 Å². The topological polar surface area (TPSA) is 47.3 Å². The van der Waals surface area contributed by atoms with Gasteiger partial charge in [0.15, 0.2) is 5.75 Å². The van der Waals surface area contributed by atoms with Crippen molar-refractivity contribution in [1.29, 1.82) is 0 Å². The molecule has 1 N–H and O–H groups in total. The van der Waals surface area contributed by atoms with Gasteiger partial charge in [-0.2, -0.15) is 0 Å². The molecule has 0 aliphatic heterocycles. The van der Waals surface area contributed by atoms with E-state index >= 15 is 0 Å². The summed E-state index contributed by atoms with van der Waals surface area (Å²) in [6.45, 7) is 0. The maximum atomic E-state index is 8.73. The summed E-state index contributed by atoms with van der Waals surface area (Å²) in [4.78, 5) is 9.16. The summed E-state index contributed by atoms with van der Waals surface area (Å²) in [7, 11) is 0. The summed E-state index contributed by atoms with van der Waals surface area (Å²) < 4.78 is 2.19. The lowest BCUT2D eigenvalue weighted by Gasteiger charge is -2.10. The zero-order chi connectivity index (χ0) is 19.6. The molecule has 0 amide bonds. The maximum absolute atomic E-state index is 8.73. The van der Waals surface area contributed by atoms with Crippen LogP contribution in [-0.4, -0.2) is 14.8 Å². The summed E-state index contributed by atoms with van der Waals surface area (Å²) >= 11 is 0. The van der Waals surface area contributed by atoms with Gasteiger partial charge in [-0.05, 0) is 47.5 Å². The van der Waals surface area contributed by atoms with Crippen molar-refractivity contribution >= 4 is 11.0 Å². The molecule has 0 saturated heterocycles. The molecule has 5 aromatic rings. The molecule has 0 unspecified atom stereocenters. The van der Waals surface area contributed by atoms with Crippen LogP contribution in [0.1, 0.15) is 0 Å². The SMILES string of the molecule is OOc1ccc(-c2ccc(-c3nc4ccccc4n3-c3ccccc3)cc2)cc1. The third-order valence-electron chi connectivity index (χ3n) is 5.01. The van der Waals surface area contributed by atoms with Crippen LogP contribution < -0.4 is 4.89 Å². The summed E-state index contributed by atoms with van der Waals surface area (Å²) in [5, 5.41) is 8.73. The van der Waals surface area contributed by atoms with Crippen molar-refractivity contribution in [3.8, 4) is 34.0 Å². The van der Waals surface area contributed by atoms with E-state index in [9.17, 15) is 0 Å². The summed E-state index contributed by atoms with van der Waals surface area (Å²) in [5.41, 5.74) is 6.31. The van der Waals surface area contributed by atoms with E-state index < -0.39 is 0 Å². The highest BCUT2D eigenvalue weighted by Gasteiger charge is 2.14. The van der Waals surface area contributed by atoms with Crippen molar-refractivity contribution in [2.24, 2.45) is 0 Å². The third-order valence-corrected chi connectivity index (χ3v) is 5.01. The molecule has 4 heteroatoms. The minimum Gasteiger partial charge on any atom is -0.340 e. The van der Waals surface area contributed by atoms with E-state index in [1.165, 1.54) is 0 Å². The highest BCUT2D eigenvalue weighted by atomic mass is 17.1. The second kappa shape index (κ2) is 7.26. The van der Waals surface area contributed by atoms with Crippen LogP contribution in [0, 0.1) is 0 Å². The fraction of sp³-hybridized carbons (Fsp3) is 0. The van der Waals surface area contributed by atoms with Gasteiger partial charge in [-0.15, -0.1) is 0 Å². The van der Waals surface area contributed by atoms with Gasteiger partial charge in [-0.3, -0.25) is 4.57 Å². The van der Waals surface area contributed by atoms with Gasteiger partial charge in [0, 0.05) is 11.3 Å². The first-order valence-electron chi connectivity index (χ1n) is 9.39. The number of benzene rings is 4. The molecule has 4 aromatic carbocycles. The molecule has 29 heavy (non-hydrogen) atoms. The van der Waals surface area contributed by atoms with Gasteiger partial charge in [0.05, 0.1) is 11.0 Å². The molecule has 0 spiro atoms. The standard InChI is InChI=1S/C25H18N2O2/c28-29-22-16-14-19(15-17-22)18-10-12-20(13-11-18)25-26-23-8-4-5-9-24(23)27(25)21-6-2-1-3-7-21/h1-17,28H. The Kier molecular flexibility index (Phi) is 4.31. The van der Waals surface area contributed by atoms with Gasteiger partial charge in [-0.1, -0.05) is 66.7 Å². The molecule has 0 radical (unpaired) electrons. The molecular weight excluding hydrogens is 360 g/mol. The average molecular weight is 378 g/mol. The van der Waals surface area contributed by atoms with Crippen LogP contribution >= 0.6 is 0 Å². The molecule has 5 rings (SSSR count). The number of rotatable bonds is 4. The average Bonchev–Trinajstić information content (AvgIpc) is 3.19. The third kappa shape index (κ3) is 3.16. The first kappa shape index (κ1) is 17.2. The zero-order valence-corrected chi connectivity index (χ0v) is 15.6. The van der Waals surface area contributed by atoms with Crippen LogP contribution in [0.25, 0.3) is 39.2 Å². The lowest BCUT2D eigenvalue weighted by atomic mass is 10.0. The second-order valence-electron chi connectivity index (χ2n) is 6.79. The molecule has 0 fully saturated rings. The van der Waals surface area contributed by atoms with Crippen molar-refractivity contribution in [3.05, 3.63) is 103 Å². The van der Waals surface area contributed by atoms with Crippen LogP contribution in [0.2, 0.25) is 0 Å². The Morgan fingerprint density at radius 2 is 1.21 bits per heavy atom. The van der Waals surface area contributed by atoms with Crippen molar-refractivity contribution in [2.75, 3.05) is 0 Å². The van der Waals surface area contributed by atoms with Gasteiger partial charge in [-0.25, -0.2) is 10.2 Å². The number of hydrogen-bond acceptors (Lipinski definition) is 3. The fourth-order valence-electron chi connectivity index (χ4n) is 3.58. The van der Waals surface area contributed by atoms with E-state index in [0.717, 1.165) is 39.2 Å². The molecule has 1 aromatic heterocycles. The Bertz CT molecular complexity index is 1260. The Morgan fingerprint density at radius 3 is 1.90 bits per heavy atom. The van der Waals surface area contributed by atoms with Crippen molar-refractivity contribution in [1.82, 2.24) is 9.55 Å².